The maximum Gasteiger partial charge on any atom is 0.257 e. The molecule has 0 aliphatic carbocycles. The summed E-state index contributed by atoms with van der Waals surface area (Å²) in [7, 11) is 3.78. The van der Waals surface area contributed by atoms with E-state index in [0.717, 1.165) is 18.4 Å². The van der Waals surface area contributed by atoms with Crippen LogP contribution in [0.25, 0.3) is 0 Å². The van der Waals surface area contributed by atoms with E-state index >= 15 is 0 Å². The number of benzene rings is 1. The van der Waals surface area contributed by atoms with Crippen molar-refractivity contribution in [2.24, 2.45) is 5.92 Å². The predicted octanol–water partition coefficient (Wildman–Crippen LogP) is 2.73. The van der Waals surface area contributed by atoms with Crippen molar-refractivity contribution < 1.29 is 9.90 Å². The Labute approximate surface area is 148 Å². The van der Waals surface area contributed by atoms with Crippen molar-refractivity contribution in [1.82, 2.24) is 9.88 Å². The third-order valence-corrected chi connectivity index (χ3v) is 4.86. The van der Waals surface area contributed by atoms with Crippen molar-refractivity contribution in [3.05, 3.63) is 59.8 Å². The van der Waals surface area contributed by atoms with Crippen LogP contribution >= 0.6 is 0 Å². The van der Waals surface area contributed by atoms with Gasteiger partial charge in [-0.1, -0.05) is 30.3 Å². The van der Waals surface area contributed by atoms with Gasteiger partial charge in [-0.15, -0.1) is 0 Å². The second kappa shape index (κ2) is 7.66. The Bertz CT molecular complexity index is 710. The number of carbonyl (C=O) groups excluding carboxylic acids is 1. The largest absolute Gasteiger partial charge is 0.388 e. The second-order valence-corrected chi connectivity index (χ2v) is 6.75. The number of carbonyl (C=O) groups is 1. The number of anilines is 1. The number of pyridine rings is 1. The first-order valence-electron chi connectivity index (χ1n) is 8.72. The van der Waals surface area contributed by atoms with Gasteiger partial charge in [-0.3, -0.25) is 4.79 Å². The fourth-order valence-electron chi connectivity index (χ4n) is 3.43. The lowest BCUT2D eigenvalue weighted by Gasteiger charge is -2.34. The van der Waals surface area contributed by atoms with Crippen molar-refractivity contribution in [3.8, 4) is 0 Å². The number of amides is 1. The van der Waals surface area contributed by atoms with E-state index in [9.17, 15) is 9.90 Å². The van der Waals surface area contributed by atoms with E-state index in [4.69, 9.17) is 0 Å². The van der Waals surface area contributed by atoms with E-state index in [-0.39, 0.29) is 11.8 Å². The van der Waals surface area contributed by atoms with Crippen LogP contribution in [0.15, 0.2) is 48.7 Å². The van der Waals surface area contributed by atoms with Crippen LogP contribution in [0, 0.1) is 5.92 Å². The summed E-state index contributed by atoms with van der Waals surface area (Å²) >= 11 is 0. The molecule has 1 saturated heterocycles. The van der Waals surface area contributed by atoms with Gasteiger partial charge < -0.3 is 14.9 Å². The molecule has 3 rings (SSSR count). The van der Waals surface area contributed by atoms with E-state index in [1.807, 2.05) is 60.3 Å². The number of rotatable bonds is 4. The molecule has 0 radical (unpaired) electrons. The molecule has 25 heavy (non-hydrogen) atoms. The molecule has 132 valence electrons. The summed E-state index contributed by atoms with van der Waals surface area (Å²) in [4.78, 5) is 20.9. The maximum atomic E-state index is 12.9. The fourth-order valence-corrected chi connectivity index (χ4v) is 3.43. The number of aliphatic hydroxyl groups excluding tert-OH is 1. The molecular weight excluding hydrogens is 314 g/mol. The molecule has 1 aliphatic heterocycles. The highest BCUT2D eigenvalue weighted by molar-refractivity contribution is 5.98. The number of hydrogen-bond donors (Lipinski definition) is 1. The SMILES string of the molecule is CN(C)c1ncccc1C(=O)N1CCC(C(O)c2ccccc2)CC1. The van der Waals surface area contributed by atoms with E-state index in [1.165, 1.54) is 0 Å². The van der Waals surface area contributed by atoms with Crippen LogP contribution in [-0.4, -0.2) is 48.1 Å². The molecule has 1 aromatic heterocycles. The normalized spacial score (nSPS) is 16.5. The van der Waals surface area contributed by atoms with Crippen LogP contribution in [0.3, 0.4) is 0 Å². The summed E-state index contributed by atoms with van der Waals surface area (Å²) < 4.78 is 0. The third kappa shape index (κ3) is 3.82. The smallest absolute Gasteiger partial charge is 0.257 e. The first-order chi connectivity index (χ1) is 12.1. The predicted molar refractivity (Wildman–Crippen MR) is 98.6 cm³/mol. The molecule has 0 spiro atoms. The maximum absolute atomic E-state index is 12.9. The van der Waals surface area contributed by atoms with Crippen LogP contribution < -0.4 is 4.90 Å². The van der Waals surface area contributed by atoms with Crippen molar-refractivity contribution in [1.29, 1.82) is 0 Å². The van der Waals surface area contributed by atoms with Crippen LogP contribution in [0.2, 0.25) is 0 Å². The minimum atomic E-state index is -0.464. The Morgan fingerprint density at radius 1 is 1.16 bits per heavy atom. The molecular formula is C20H25N3O2. The second-order valence-electron chi connectivity index (χ2n) is 6.75. The Balaban J connectivity index is 1.65. The molecule has 5 nitrogen and oxygen atoms in total. The van der Waals surface area contributed by atoms with Gasteiger partial charge >= 0.3 is 0 Å². The molecule has 1 atom stereocenters. The Hall–Kier alpha value is -2.40. The van der Waals surface area contributed by atoms with Gasteiger partial charge in [0.2, 0.25) is 0 Å². The van der Waals surface area contributed by atoms with Gasteiger partial charge in [0.25, 0.3) is 5.91 Å². The molecule has 1 aromatic carbocycles. The number of likely N-dealkylation sites (tertiary alicyclic amines) is 1. The van der Waals surface area contributed by atoms with Crippen molar-refractivity contribution in [2.45, 2.75) is 18.9 Å². The highest BCUT2D eigenvalue weighted by Gasteiger charge is 2.29. The quantitative estimate of drug-likeness (QED) is 0.930. The number of aliphatic hydroxyl groups is 1. The zero-order valence-electron chi connectivity index (χ0n) is 14.8. The van der Waals surface area contributed by atoms with Crippen molar-refractivity contribution >= 4 is 11.7 Å². The molecule has 0 saturated carbocycles. The van der Waals surface area contributed by atoms with Gasteiger partial charge in [0, 0.05) is 33.4 Å². The summed E-state index contributed by atoms with van der Waals surface area (Å²) in [6, 6.07) is 13.4. The summed E-state index contributed by atoms with van der Waals surface area (Å²) in [5, 5.41) is 10.6. The lowest BCUT2D eigenvalue weighted by Crippen LogP contribution is -2.40. The van der Waals surface area contributed by atoms with Crippen LogP contribution in [0.4, 0.5) is 5.82 Å². The standard InChI is InChI=1S/C20H25N3O2/c1-22(2)19-17(9-6-12-21-19)20(25)23-13-10-16(11-14-23)18(24)15-7-4-3-5-8-15/h3-9,12,16,18,24H,10-11,13-14H2,1-2H3. The number of aromatic nitrogens is 1. The monoisotopic (exact) mass is 339 g/mol. The van der Waals surface area contributed by atoms with Gasteiger partial charge in [-0.25, -0.2) is 4.98 Å². The van der Waals surface area contributed by atoms with Crippen LogP contribution in [0.1, 0.15) is 34.9 Å². The summed E-state index contributed by atoms with van der Waals surface area (Å²) in [6.45, 7) is 1.32. The molecule has 0 bridgehead atoms. The number of nitrogens with zero attached hydrogens (tertiary/aromatic N) is 3. The zero-order chi connectivity index (χ0) is 17.8. The first-order valence-corrected chi connectivity index (χ1v) is 8.72. The minimum absolute atomic E-state index is 0.0180. The summed E-state index contributed by atoms with van der Waals surface area (Å²) in [5.41, 5.74) is 1.59. The van der Waals surface area contributed by atoms with Gasteiger partial charge in [0.05, 0.1) is 11.7 Å². The average molecular weight is 339 g/mol. The molecule has 1 N–H and O–H groups in total. The van der Waals surface area contributed by atoms with E-state index in [2.05, 4.69) is 4.98 Å². The Kier molecular flexibility index (Phi) is 5.34. The Morgan fingerprint density at radius 2 is 1.84 bits per heavy atom. The minimum Gasteiger partial charge on any atom is -0.388 e. The van der Waals surface area contributed by atoms with Crippen molar-refractivity contribution in [2.75, 3.05) is 32.1 Å². The third-order valence-electron chi connectivity index (χ3n) is 4.86. The number of hydrogen-bond acceptors (Lipinski definition) is 4. The molecule has 1 unspecified atom stereocenters. The van der Waals surface area contributed by atoms with Crippen molar-refractivity contribution in [3.63, 3.8) is 0 Å². The van der Waals surface area contributed by atoms with Crippen LogP contribution in [0.5, 0.6) is 0 Å². The molecule has 5 heteroatoms. The fraction of sp³-hybridized carbons (Fsp3) is 0.400. The summed E-state index contributed by atoms with van der Waals surface area (Å²) in [5.74, 6) is 0.900. The van der Waals surface area contributed by atoms with Gasteiger partial charge in [0.1, 0.15) is 5.82 Å². The lowest BCUT2D eigenvalue weighted by molar-refractivity contribution is 0.0462. The van der Waals surface area contributed by atoms with Gasteiger partial charge in [-0.2, -0.15) is 0 Å². The molecule has 1 amide bonds. The first kappa shape index (κ1) is 17.4. The van der Waals surface area contributed by atoms with Crippen LogP contribution in [-0.2, 0) is 0 Å². The highest BCUT2D eigenvalue weighted by Crippen LogP contribution is 2.31. The van der Waals surface area contributed by atoms with E-state index in [0.29, 0.717) is 24.5 Å². The molecule has 1 fully saturated rings. The molecule has 2 aromatic rings. The van der Waals surface area contributed by atoms with E-state index in [1.54, 1.807) is 12.3 Å². The highest BCUT2D eigenvalue weighted by atomic mass is 16.3. The zero-order valence-corrected chi connectivity index (χ0v) is 14.8. The average Bonchev–Trinajstić information content (AvgIpc) is 2.67. The molecule has 2 heterocycles. The van der Waals surface area contributed by atoms with Gasteiger partial charge in [-0.05, 0) is 36.5 Å². The lowest BCUT2D eigenvalue weighted by atomic mass is 9.87. The molecule has 1 aliphatic rings. The number of piperidine rings is 1. The van der Waals surface area contributed by atoms with E-state index < -0.39 is 6.10 Å². The Morgan fingerprint density at radius 3 is 2.48 bits per heavy atom. The van der Waals surface area contributed by atoms with Gasteiger partial charge in [0.15, 0.2) is 0 Å². The topological polar surface area (TPSA) is 56.7 Å². The summed E-state index contributed by atoms with van der Waals surface area (Å²) in [6.07, 6.45) is 2.85.